The molecule has 0 saturated heterocycles. The molecule has 0 bridgehead atoms. The quantitative estimate of drug-likeness (QED) is 0.592. The molecule has 1 unspecified atom stereocenters. The van der Waals surface area contributed by atoms with Crippen molar-refractivity contribution in [2.45, 2.75) is 33.2 Å². The fourth-order valence-corrected chi connectivity index (χ4v) is 1.05. The van der Waals surface area contributed by atoms with E-state index in [0.717, 1.165) is 0 Å². The maximum atomic E-state index is 3.78. The van der Waals surface area contributed by atoms with Crippen molar-refractivity contribution in [3.05, 3.63) is 12.7 Å². The average Bonchev–Trinajstić information content (AvgIpc) is 1.90. The summed E-state index contributed by atoms with van der Waals surface area (Å²) in [5.41, 5.74) is 0.330. The Morgan fingerprint density at radius 3 is 2.20 bits per heavy atom. The van der Waals surface area contributed by atoms with E-state index in [1.54, 1.807) is 0 Å². The van der Waals surface area contributed by atoms with Crippen LogP contribution in [-0.4, -0.2) is 13.1 Å². The first-order valence-corrected chi connectivity index (χ1v) is 3.88. The second-order valence-electron chi connectivity index (χ2n) is 3.34. The summed E-state index contributed by atoms with van der Waals surface area (Å²) in [5.74, 6) is 0. The third-order valence-electron chi connectivity index (χ3n) is 2.30. The lowest BCUT2D eigenvalue weighted by molar-refractivity contribution is 0.282. The van der Waals surface area contributed by atoms with Gasteiger partial charge in [-0.3, -0.25) is 0 Å². The van der Waals surface area contributed by atoms with Crippen molar-refractivity contribution in [2.24, 2.45) is 5.41 Å². The van der Waals surface area contributed by atoms with E-state index < -0.39 is 0 Å². The van der Waals surface area contributed by atoms with Crippen LogP contribution in [0, 0.1) is 5.41 Å². The van der Waals surface area contributed by atoms with Gasteiger partial charge in [0.1, 0.15) is 0 Å². The van der Waals surface area contributed by atoms with E-state index in [4.69, 9.17) is 0 Å². The van der Waals surface area contributed by atoms with Crippen LogP contribution in [0.2, 0.25) is 0 Å². The SMILES string of the molecule is C=CC(NC)C(C)(C)CC. The van der Waals surface area contributed by atoms with Gasteiger partial charge >= 0.3 is 0 Å². The van der Waals surface area contributed by atoms with Crippen LogP contribution in [0.15, 0.2) is 12.7 Å². The summed E-state index contributed by atoms with van der Waals surface area (Å²) in [7, 11) is 1.98. The van der Waals surface area contributed by atoms with Crippen LogP contribution in [0.4, 0.5) is 0 Å². The fraction of sp³-hybridized carbons (Fsp3) is 0.778. The van der Waals surface area contributed by atoms with E-state index in [-0.39, 0.29) is 0 Å². The third-order valence-corrected chi connectivity index (χ3v) is 2.30. The molecule has 0 amide bonds. The molecule has 0 radical (unpaired) electrons. The van der Waals surface area contributed by atoms with E-state index in [0.29, 0.717) is 11.5 Å². The highest BCUT2D eigenvalue weighted by molar-refractivity contribution is 4.94. The Morgan fingerprint density at radius 1 is 1.60 bits per heavy atom. The van der Waals surface area contributed by atoms with E-state index >= 15 is 0 Å². The Labute approximate surface area is 64.5 Å². The summed E-state index contributed by atoms with van der Waals surface area (Å²) in [5, 5.41) is 3.22. The molecule has 0 fully saturated rings. The van der Waals surface area contributed by atoms with E-state index in [9.17, 15) is 0 Å². The maximum absolute atomic E-state index is 3.78. The van der Waals surface area contributed by atoms with Gasteiger partial charge in [0.2, 0.25) is 0 Å². The second-order valence-corrected chi connectivity index (χ2v) is 3.34. The Balaban J connectivity index is 4.10. The molecule has 0 saturated carbocycles. The molecule has 0 aromatic carbocycles. The van der Waals surface area contributed by atoms with Gasteiger partial charge in [0.05, 0.1) is 0 Å². The molecule has 0 aromatic rings. The van der Waals surface area contributed by atoms with Crippen molar-refractivity contribution in [2.75, 3.05) is 7.05 Å². The highest BCUT2D eigenvalue weighted by atomic mass is 14.9. The van der Waals surface area contributed by atoms with Crippen LogP contribution < -0.4 is 5.32 Å². The zero-order valence-electron chi connectivity index (χ0n) is 7.57. The van der Waals surface area contributed by atoms with Gasteiger partial charge in [0, 0.05) is 6.04 Å². The van der Waals surface area contributed by atoms with Gasteiger partial charge in [0.25, 0.3) is 0 Å². The minimum atomic E-state index is 0.330. The predicted molar refractivity (Wildman–Crippen MR) is 47.1 cm³/mol. The number of nitrogens with one attached hydrogen (secondary N) is 1. The number of rotatable bonds is 4. The summed E-state index contributed by atoms with van der Waals surface area (Å²) in [6.07, 6.45) is 3.15. The molecule has 0 aliphatic carbocycles. The first-order chi connectivity index (χ1) is 4.58. The summed E-state index contributed by atoms with van der Waals surface area (Å²) in [4.78, 5) is 0. The van der Waals surface area contributed by atoms with Gasteiger partial charge in [0.15, 0.2) is 0 Å². The molecule has 1 nitrogen and oxygen atoms in total. The lowest BCUT2D eigenvalue weighted by Gasteiger charge is -2.30. The summed E-state index contributed by atoms with van der Waals surface area (Å²) in [6.45, 7) is 10.5. The van der Waals surface area contributed by atoms with Crippen molar-refractivity contribution in [1.82, 2.24) is 5.32 Å². The van der Waals surface area contributed by atoms with Gasteiger partial charge in [-0.25, -0.2) is 0 Å². The lowest BCUT2D eigenvalue weighted by atomic mass is 9.82. The van der Waals surface area contributed by atoms with Gasteiger partial charge in [-0.2, -0.15) is 0 Å². The highest BCUT2D eigenvalue weighted by Crippen LogP contribution is 2.24. The van der Waals surface area contributed by atoms with Gasteiger partial charge in [-0.1, -0.05) is 26.8 Å². The fourth-order valence-electron chi connectivity index (χ4n) is 1.05. The monoisotopic (exact) mass is 141 g/mol. The molecule has 0 aromatic heterocycles. The molecule has 10 heavy (non-hydrogen) atoms. The third kappa shape index (κ3) is 2.14. The summed E-state index contributed by atoms with van der Waals surface area (Å²) < 4.78 is 0. The van der Waals surface area contributed by atoms with Crippen molar-refractivity contribution in [1.29, 1.82) is 0 Å². The largest absolute Gasteiger partial charge is 0.313 e. The molecule has 0 rings (SSSR count). The van der Waals surface area contributed by atoms with Crippen molar-refractivity contribution in [3.8, 4) is 0 Å². The average molecular weight is 141 g/mol. The van der Waals surface area contributed by atoms with Gasteiger partial charge in [-0.15, -0.1) is 6.58 Å². The topological polar surface area (TPSA) is 12.0 Å². The number of hydrogen-bond acceptors (Lipinski definition) is 1. The molecule has 0 aliphatic rings. The van der Waals surface area contributed by atoms with E-state index in [1.165, 1.54) is 6.42 Å². The Bertz CT molecular complexity index is 105. The predicted octanol–water partition coefficient (Wildman–Crippen LogP) is 2.20. The van der Waals surface area contributed by atoms with Gasteiger partial charge in [-0.05, 0) is 18.9 Å². The summed E-state index contributed by atoms with van der Waals surface area (Å²) in [6, 6.07) is 0.428. The minimum absolute atomic E-state index is 0.330. The van der Waals surface area contributed by atoms with Crippen molar-refractivity contribution >= 4 is 0 Å². The maximum Gasteiger partial charge on any atom is 0.0295 e. The van der Waals surface area contributed by atoms with Crippen LogP contribution in [0.3, 0.4) is 0 Å². The van der Waals surface area contributed by atoms with Crippen LogP contribution in [-0.2, 0) is 0 Å². The molecule has 1 atom stereocenters. The minimum Gasteiger partial charge on any atom is -0.313 e. The normalized spacial score (nSPS) is 14.8. The molecule has 1 N–H and O–H groups in total. The van der Waals surface area contributed by atoms with Crippen LogP contribution in [0.1, 0.15) is 27.2 Å². The second kappa shape index (κ2) is 3.77. The van der Waals surface area contributed by atoms with Crippen LogP contribution in [0.5, 0.6) is 0 Å². The zero-order chi connectivity index (χ0) is 8.20. The van der Waals surface area contributed by atoms with Crippen molar-refractivity contribution < 1.29 is 0 Å². The molecule has 60 valence electrons. The van der Waals surface area contributed by atoms with Crippen molar-refractivity contribution in [3.63, 3.8) is 0 Å². The molecule has 0 heterocycles. The zero-order valence-corrected chi connectivity index (χ0v) is 7.57. The first-order valence-electron chi connectivity index (χ1n) is 3.88. The highest BCUT2D eigenvalue weighted by Gasteiger charge is 2.22. The van der Waals surface area contributed by atoms with E-state index in [2.05, 4.69) is 32.7 Å². The molecule has 1 heteroatoms. The number of hydrogen-bond donors (Lipinski definition) is 1. The Kier molecular flexibility index (Phi) is 3.66. The number of likely N-dealkylation sites (N-methyl/N-ethyl adjacent to an activating group) is 1. The molecular weight excluding hydrogens is 122 g/mol. The van der Waals surface area contributed by atoms with Crippen LogP contribution >= 0.6 is 0 Å². The first kappa shape index (κ1) is 9.70. The molecule has 0 aliphatic heterocycles. The summed E-state index contributed by atoms with van der Waals surface area (Å²) >= 11 is 0. The molecular formula is C9H19N. The van der Waals surface area contributed by atoms with Crippen LogP contribution in [0.25, 0.3) is 0 Å². The lowest BCUT2D eigenvalue weighted by Crippen LogP contribution is -2.37. The Hall–Kier alpha value is -0.300. The van der Waals surface area contributed by atoms with E-state index in [1.807, 2.05) is 13.1 Å². The molecule has 0 spiro atoms. The standard InChI is InChI=1S/C9H19N/c1-6-8(10-5)9(3,4)7-2/h6,8,10H,1,7H2,2-5H3. The smallest absolute Gasteiger partial charge is 0.0295 e. The Morgan fingerprint density at radius 2 is 2.10 bits per heavy atom. The van der Waals surface area contributed by atoms with Gasteiger partial charge < -0.3 is 5.32 Å².